The largest absolute Gasteiger partial charge is 0.497 e. The van der Waals surface area contributed by atoms with Crippen molar-refractivity contribution in [3.05, 3.63) is 29.3 Å². The van der Waals surface area contributed by atoms with E-state index in [1.807, 2.05) is 0 Å². The Morgan fingerprint density at radius 3 is 2.82 bits per heavy atom. The highest BCUT2D eigenvalue weighted by molar-refractivity contribution is 5.85. The summed E-state index contributed by atoms with van der Waals surface area (Å²) in [5.41, 5.74) is 2.95. The van der Waals surface area contributed by atoms with Crippen LogP contribution >= 0.6 is 12.4 Å². The number of ether oxygens (including phenoxy) is 1. The monoisotopic (exact) mass is 324 g/mol. The number of nitrogens with one attached hydrogen (secondary N) is 1. The van der Waals surface area contributed by atoms with E-state index in [-0.39, 0.29) is 12.4 Å². The summed E-state index contributed by atoms with van der Waals surface area (Å²) in [4.78, 5) is 2.70. The first kappa shape index (κ1) is 17.6. The van der Waals surface area contributed by atoms with Gasteiger partial charge in [0.25, 0.3) is 0 Å². The molecule has 3 rings (SSSR count). The van der Waals surface area contributed by atoms with E-state index < -0.39 is 0 Å². The summed E-state index contributed by atoms with van der Waals surface area (Å²) in [6.45, 7) is 8.34. The lowest BCUT2D eigenvalue weighted by Gasteiger charge is -2.42. The fraction of sp³-hybridized carbons (Fsp3) is 0.667. The minimum Gasteiger partial charge on any atom is -0.497 e. The number of fused-ring (bicyclic) bond motifs is 1. The van der Waals surface area contributed by atoms with Crippen molar-refractivity contribution in [2.75, 3.05) is 26.7 Å². The topological polar surface area (TPSA) is 24.5 Å². The molecule has 1 saturated heterocycles. The second-order valence-corrected chi connectivity index (χ2v) is 6.70. The Labute approximate surface area is 140 Å². The van der Waals surface area contributed by atoms with Crippen molar-refractivity contribution >= 4 is 12.4 Å². The number of hydrogen-bond acceptors (Lipinski definition) is 3. The van der Waals surface area contributed by atoms with Gasteiger partial charge in [-0.25, -0.2) is 0 Å². The van der Waals surface area contributed by atoms with Gasteiger partial charge >= 0.3 is 0 Å². The molecule has 0 aliphatic carbocycles. The van der Waals surface area contributed by atoms with E-state index in [1.165, 1.54) is 43.6 Å². The molecule has 1 fully saturated rings. The van der Waals surface area contributed by atoms with Crippen molar-refractivity contribution in [1.29, 1.82) is 0 Å². The molecule has 0 amide bonds. The molecule has 0 spiro atoms. The van der Waals surface area contributed by atoms with Crippen molar-refractivity contribution in [2.24, 2.45) is 5.92 Å². The van der Waals surface area contributed by atoms with Crippen molar-refractivity contribution in [3.8, 4) is 5.75 Å². The average Bonchev–Trinajstić information content (AvgIpc) is 2.52. The lowest BCUT2D eigenvalue weighted by molar-refractivity contribution is 0.106. The van der Waals surface area contributed by atoms with Gasteiger partial charge < -0.3 is 10.1 Å². The van der Waals surface area contributed by atoms with E-state index in [0.717, 1.165) is 18.1 Å². The van der Waals surface area contributed by atoms with Gasteiger partial charge in [0.05, 0.1) is 7.11 Å². The number of piperidine rings is 1. The van der Waals surface area contributed by atoms with Gasteiger partial charge in [0.2, 0.25) is 0 Å². The molecule has 3 atom stereocenters. The molecule has 2 heterocycles. The van der Waals surface area contributed by atoms with E-state index in [0.29, 0.717) is 12.1 Å². The number of nitrogens with zero attached hydrogens (tertiary/aromatic N) is 1. The van der Waals surface area contributed by atoms with Gasteiger partial charge in [-0.15, -0.1) is 12.4 Å². The molecule has 1 aromatic rings. The molecule has 0 radical (unpaired) electrons. The molecule has 0 saturated carbocycles. The van der Waals surface area contributed by atoms with E-state index in [4.69, 9.17) is 4.74 Å². The fourth-order valence-electron chi connectivity index (χ4n) is 4.01. The first-order valence-corrected chi connectivity index (χ1v) is 8.32. The standard InChI is InChI=1S/C18H28N2O.ClH/c1-13-9-16-10-17(21-3)6-7-18(16)14(2)20(13)12-15-5-4-8-19-11-15;/h6-7,10,13-15,19H,4-5,8-9,11-12H2,1-3H3;1H. The first-order chi connectivity index (χ1) is 10.2. The summed E-state index contributed by atoms with van der Waals surface area (Å²) < 4.78 is 5.38. The van der Waals surface area contributed by atoms with Crippen LogP contribution in [0.5, 0.6) is 5.75 Å². The molecule has 124 valence electrons. The van der Waals surface area contributed by atoms with Gasteiger partial charge in [-0.1, -0.05) is 6.07 Å². The van der Waals surface area contributed by atoms with Crippen molar-refractivity contribution in [1.82, 2.24) is 10.2 Å². The maximum atomic E-state index is 5.38. The predicted octanol–water partition coefficient (Wildman–Crippen LogP) is 3.42. The Hall–Kier alpha value is -0.770. The van der Waals surface area contributed by atoms with Crippen LogP contribution in [0.2, 0.25) is 0 Å². The highest BCUT2D eigenvalue weighted by Gasteiger charge is 2.31. The van der Waals surface area contributed by atoms with Crippen LogP contribution in [0.15, 0.2) is 18.2 Å². The molecule has 2 aliphatic rings. The average molecular weight is 325 g/mol. The highest BCUT2D eigenvalue weighted by Crippen LogP contribution is 2.35. The minimum absolute atomic E-state index is 0. The predicted molar refractivity (Wildman–Crippen MR) is 94.1 cm³/mol. The number of benzene rings is 1. The zero-order chi connectivity index (χ0) is 14.8. The van der Waals surface area contributed by atoms with Crippen LogP contribution in [0.3, 0.4) is 0 Å². The molecule has 1 aromatic carbocycles. The Morgan fingerprint density at radius 2 is 2.14 bits per heavy atom. The first-order valence-electron chi connectivity index (χ1n) is 8.32. The Morgan fingerprint density at radius 1 is 1.32 bits per heavy atom. The third-order valence-corrected chi connectivity index (χ3v) is 5.25. The second-order valence-electron chi connectivity index (χ2n) is 6.70. The van der Waals surface area contributed by atoms with Crippen LogP contribution in [0.1, 0.15) is 43.9 Å². The molecule has 3 unspecified atom stereocenters. The minimum atomic E-state index is 0. The summed E-state index contributed by atoms with van der Waals surface area (Å²) in [5.74, 6) is 1.79. The lowest BCUT2D eigenvalue weighted by Crippen LogP contribution is -2.46. The third-order valence-electron chi connectivity index (χ3n) is 5.25. The SMILES string of the molecule is COc1ccc2c(c1)CC(C)N(CC1CCCNC1)C2C.Cl. The summed E-state index contributed by atoms with van der Waals surface area (Å²) in [7, 11) is 1.75. The van der Waals surface area contributed by atoms with Gasteiger partial charge in [0.15, 0.2) is 0 Å². The van der Waals surface area contributed by atoms with Crippen LogP contribution < -0.4 is 10.1 Å². The zero-order valence-electron chi connectivity index (χ0n) is 14.0. The van der Waals surface area contributed by atoms with E-state index in [1.54, 1.807) is 7.11 Å². The van der Waals surface area contributed by atoms with E-state index in [2.05, 4.69) is 42.3 Å². The van der Waals surface area contributed by atoms with Gasteiger partial charge in [0.1, 0.15) is 5.75 Å². The van der Waals surface area contributed by atoms with Crippen LogP contribution in [0, 0.1) is 5.92 Å². The zero-order valence-corrected chi connectivity index (χ0v) is 14.8. The van der Waals surface area contributed by atoms with Crippen molar-refractivity contribution < 1.29 is 4.74 Å². The van der Waals surface area contributed by atoms with Crippen LogP contribution in [0.25, 0.3) is 0 Å². The fourth-order valence-corrected chi connectivity index (χ4v) is 4.01. The van der Waals surface area contributed by atoms with Gasteiger partial charge in [-0.3, -0.25) is 4.90 Å². The highest BCUT2D eigenvalue weighted by atomic mass is 35.5. The molecule has 3 nitrogen and oxygen atoms in total. The quantitative estimate of drug-likeness (QED) is 0.922. The molecular formula is C18H29ClN2O. The number of hydrogen-bond donors (Lipinski definition) is 1. The van der Waals surface area contributed by atoms with Crippen LogP contribution in [0.4, 0.5) is 0 Å². The van der Waals surface area contributed by atoms with Crippen molar-refractivity contribution in [2.45, 2.75) is 45.2 Å². The molecule has 0 aromatic heterocycles. The Bertz CT molecular complexity index is 488. The third kappa shape index (κ3) is 3.58. The van der Waals surface area contributed by atoms with Crippen LogP contribution in [-0.2, 0) is 6.42 Å². The van der Waals surface area contributed by atoms with Crippen molar-refractivity contribution in [3.63, 3.8) is 0 Å². The van der Waals surface area contributed by atoms with Crippen LogP contribution in [-0.4, -0.2) is 37.7 Å². The summed E-state index contributed by atoms with van der Waals surface area (Å²) in [6.07, 6.45) is 3.84. The smallest absolute Gasteiger partial charge is 0.119 e. The second kappa shape index (κ2) is 7.67. The number of halogens is 1. The van der Waals surface area contributed by atoms with Gasteiger partial charge in [0, 0.05) is 18.6 Å². The normalized spacial score (nSPS) is 28.6. The molecule has 0 bridgehead atoms. The summed E-state index contributed by atoms with van der Waals surface area (Å²) >= 11 is 0. The number of rotatable bonds is 3. The van der Waals surface area contributed by atoms with E-state index in [9.17, 15) is 0 Å². The van der Waals surface area contributed by atoms with E-state index >= 15 is 0 Å². The van der Waals surface area contributed by atoms with Gasteiger partial charge in [-0.2, -0.15) is 0 Å². The number of methoxy groups -OCH3 is 1. The van der Waals surface area contributed by atoms with Gasteiger partial charge in [-0.05, 0) is 75.4 Å². The molecule has 2 aliphatic heterocycles. The lowest BCUT2D eigenvalue weighted by atomic mass is 9.87. The Balaban J connectivity index is 0.00000176. The molecular weight excluding hydrogens is 296 g/mol. The summed E-state index contributed by atoms with van der Waals surface area (Å²) in [5, 5.41) is 3.55. The maximum Gasteiger partial charge on any atom is 0.119 e. The maximum absolute atomic E-state index is 5.38. The molecule has 4 heteroatoms. The molecule has 1 N–H and O–H groups in total. The summed E-state index contributed by atoms with van der Waals surface area (Å²) in [6, 6.07) is 7.71. The Kier molecular flexibility index (Phi) is 6.13. The molecule has 22 heavy (non-hydrogen) atoms.